The summed E-state index contributed by atoms with van der Waals surface area (Å²) in [5.74, 6) is 2.84. The van der Waals surface area contributed by atoms with Gasteiger partial charge in [-0.15, -0.1) is 0 Å². The Bertz CT molecular complexity index is 696. The smallest absolute Gasteiger partial charge is 0.308 e. The Kier molecular flexibility index (Phi) is 3.16. The topological polar surface area (TPSA) is 38.8 Å². The number of fused-ring (bicyclic) bond motifs is 7. The predicted molar refractivity (Wildman–Crippen MR) is 91.0 cm³/mol. The largest absolute Gasteiger partial charge is 0.427 e. The van der Waals surface area contributed by atoms with E-state index in [-0.39, 0.29) is 5.97 Å². The van der Waals surface area contributed by atoms with Gasteiger partial charge in [0.25, 0.3) is 0 Å². The first-order valence-electron chi connectivity index (χ1n) is 9.59. The van der Waals surface area contributed by atoms with E-state index in [9.17, 15) is 4.79 Å². The van der Waals surface area contributed by atoms with Crippen LogP contribution < -0.4 is 4.74 Å². The molecule has 0 amide bonds. The van der Waals surface area contributed by atoms with E-state index in [2.05, 4.69) is 19.1 Å². The van der Waals surface area contributed by atoms with Crippen molar-refractivity contribution in [3.05, 3.63) is 29.3 Å². The fraction of sp³-hybridized carbons (Fsp3) is 0.667. The Morgan fingerprint density at radius 2 is 2.25 bits per heavy atom. The number of hydrogen-bond donors (Lipinski definition) is 0. The number of carbonyl (C=O) groups is 1. The molecule has 6 atom stereocenters. The van der Waals surface area contributed by atoms with Gasteiger partial charge in [-0.3, -0.25) is 4.79 Å². The van der Waals surface area contributed by atoms with Gasteiger partial charge in [-0.2, -0.15) is 0 Å². The van der Waals surface area contributed by atoms with E-state index in [4.69, 9.17) is 9.47 Å². The minimum atomic E-state index is -0.237. The van der Waals surface area contributed by atoms with Crippen LogP contribution in [0, 0.1) is 17.3 Å². The van der Waals surface area contributed by atoms with Crippen LogP contribution in [0.2, 0.25) is 0 Å². The zero-order valence-electron chi connectivity index (χ0n) is 14.6. The normalized spacial score (nSPS) is 41.7. The SMILES string of the molecule is CC[C@]12CC[C@@H]3c4ccc(OC(C)=O)cc4CC[C@H]3[C@@H]1C[C@H]1O[C@H]12. The molecule has 1 aromatic carbocycles. The second-order valence-corrected chi connectivity index (χ2v) is 8.33. The monoisotopic (exact) mass is 326 g/mol. The highest BCUT2D eigenvalue weighted by molar-refractivity contribution is 5.69. The Balaban J connectivity index is 1.46. The first-order chi connectivity index (χ1) is 11.6. The molecule has 0 unspecified atom stereocenters. The van der Waals surface area contributed by atoms with Gasteiger partial charge >= 0.3 is 5.97 Å². The van der Waals surface area contributed by atoms with Crippen LogP contribution >= 0.6 is 0 Å². The van der Waals surface area contributed by atoms with Crippen LogP contribution in [0.25, 0.3) is 0 Å². The van der Waals surface area contributed by atoms with Gasteiger partial charge in [-0.05, 0) is 79.5 Å². The number of esters is 1. The summed E-state index contributed by atoms with van der Waals surface area (Å²) in [5, 5.41) is 0. The fourth-order valence-corrected chi connectivity index (χ4v) is 6.51. The summed E-state index contributed by atoms with van der Waals surface area (Å²) in [6.07, 6.45) is 8.73. The zero-order chi connectivity index (χ0) is 16.5. The Morgan fingerprint density at radius 3 is 3.04 bits per heavy atom. The summed E-state index contributed by atoms with van der Waals surface area (Å²) in [6, 6.07) is 6.32. The van der Waals surface area contributed by atoms with Gasteiger partial charge in [0.05, 0.1) is 12.2 Å². The average Bonchev–Trinajstić information content (AvgIpc) is 3.28. The molecule has 5 rings (SSSR count). The van der Waals surface area contributed by atoms with Crippen LogP contribution in [0.5, 0.6) is 5.75 Å². The Labute approximate surface area is 143 Å². The molecule has 0 N–H and O–H groups in total. The standard InChI is InChI=1S/C21H26O3/c1-3-21-9-8-16-15-7-5-14(23-12(2)22)10-13(15)4-6-17(16)18(21)11-19-20(21)24-19/h5,7,10,16-20H,3-4,6,8-9,11H2,1-2H3/t16-,17-,18+,19-,20-,21+/m1/s1. The van der Waals surface area contributed by atoms with Crippen LogP contribution in [0.15, 0.2) is 18.2 Å². The Hall–Kier alpha value is -1.35. The molecule has 3 nitrogen and oxygen atoms in total. The molecule has 1 saturated heterocycles. The van der Waals surface area contributed by atoms with Gasteiger partial charge in [0, 0.05) is 12.3 Å². The number of benzene rings is 1. The number of hydrogen-bond acceptors (Lipinski definition) is 3. The summed E-state index contributed by atoms with van der Waals surface area (Å²) in [4.78, 5) is 11.2. The third-order valence-corrected chi connectivity index (χ3v) is 7.51. The van der Waals surface area contributed by atoms with E-state index in [0.29, 0.717) is 29.3 Å². The molecule has 3 fully saturated rings. The van der Waals surface area contributed by atoms with E-state index in [1.807, 2.05) is 6.07 Å². The molecule has 1 aromatic rings. The van der Waals surface area contributed by atoms with Gasteiger partial charge in [0.1, 0.15) is 5.75 Å². The van der Waals surface area contributed by atoms with Crippen LogP contribution in [0.4, 0.5) is 0 Å². The lowest BCUT2D eigenvalue weighted by Gasteiger charge is -2.51. The Morgan fingerprint density at radius 1 is 1.38 bits per heavy atom. The molecule has 0 radical (unpaired) electrons. The van der Waals surface area contributed by atoms with Crippen molar-refractivity contribution < 1.29 is 14.3 Å². The van der Waals surface area contributed by atoms with Gasteiger partial charge < -0.3 is 9.47 Å². The number of aryl methyl sites for hydroxylation is 1. The summed E-state index contributed by atoms with van der Waals surface area (Å²) < 4.78 is 11.3. The van der Waals surface area contributed by atoms with Crippen LogP contribution in [0.1, 0.15) is 63.0 Å². The minimum Gasteiger partial charge on any atom is -0.427 e. The van der Waals surface area contributed by atoms with Gasteiger partial charge in [-0.25, -0.2) is 0 Å². The van der Waals surface area contributed by atoms with E-state index in [1.165, 1.54) is 50.2 Å². The van der Waals surface area contributed by atoms with E-state index < -0.39 is 0 Å². The van der Waals surface area contributed by atoms with Crippen molar-refractivity contribution in [2.45, 2.75) is 70.5 Å². The predicted octanol–water partition coefficient (Wildman–Crippen LogP) is 4.24. The lowest BCUT2D eigenvalue weighted by Crippen LogP contribution is -2.44. The first kappa shape index (κ1) is 14.9. The van der Waals surface area contributed by atoms with Crippen molar-refractivity contribution in [1.29, 1.82) is 0 Å². The van der Waals surface area contributed by atoms with Crippen molar-refractivity contribution in [2.75, 3.05) is 0 Å². The van der Waals surface area contributed by atoms with Gasteiger partial charge in [0.2, 0.25) is 0 Å². The third kappa shape index (κ3) is 1.97. The number of rotatable bonds is 2. The molecule has 0 spiro atoms. The summed E-state index contributed by atoms with van der Waals surface area (Å²) in [6.45, 7) is 3.84. The summed E-state index contributed by atoms with van der Waals surface area (Å²) in [7, 11) is 0. The summed E-state index contributed by atoms with van der Waals surface area (Å²) >= 11 is 0. The number of ether oxygens (including phenoxy) is 2. The zero-order valence-corrected chi connectivity index (χ0v) is 14.6. The number of carbonyl (C=O) groups excluding carboxylic acids is 1. The quantitative estimate of drug-likeness (QED) is 0.464. The fourth-order valence-electron chi connectivity index (χ4n) is 6.51. The van der Waals surface area contributed by atoms with Crippen molar-refractivity contribution in [3.8, 4) is 5.75 Å². The molecule has 3 aliphatic carbocycles. The molecule has 3 heteroatoms. The van der Waals surface area contributed by atoms with Gasteiger partial charge in [0.15, 0.2) is 0 Å². The van der Waals surface area contributed by atoms with Gasteiger partial charge in [-0.1, -0.05) is 13.0 Å². The molecule has 128 valence electrons. The molecule has 1 aliphatic heterocycles. The lowest BCUT2D eigenvalue weighted by atomic mass is 9.54. The molecule has 0 aromatic heterocycles. The molecule has 24 heavy (non-hydrogen) atoms. The average molecular weight is 326 g/mol. The molecule has 1 heterocycles. The summed E-state index contributed by atoms with van der Waals surface area (Å²) in [5.41, 5.74) is 3.40. The highest BCUT2D eigenvalue weighted by Gasteiger charge is 2.67. The van der Waals surface area contributed by atoms with Crippen LogP contribution in [-0.2, 0) is 16.0 Å². The number of epoxide rings is 1. The minimum absolute atomic E-state index is 0.237. The maximum Gasteiger partial charge on any atom is 0.308 e. The highest BCUT2D eigenvalue weighted by atomic mass is 16.6. The second-order valence-electron chi connectivity index (χ2n) is 8.33. The van der Waals surface area contributed by atoms with Crippen molar-refractivity contribution in [3.63, 3.8) is 0 Å². The molecule has 2 saturated carbocycles. The van der Waals surface area contributed by atoms with E-state index in [0.717, 1.165) is 18.3 Å². The van der Waals surface area contributed by atoms with E-state index >= 15 is 0 Å². The maximum atomic E-state index is 11.2. The third-order valence-electron chi connectivity index (χ3n) is 7.51. The van der Waals surface area contributed by atoms with Crippen molar-refractivity contribution in [1.82, 2.24) is 0 Å². The molecular formula is C21H26O3. The molecule has 4 aliphatic rings. The van der Waals surface area contributed by atoms with Crippen LogP contribution in [0.3, 0.4) is 0 Å². The van der Waals surface area contributed by atoms with Crippen molar-refractivity contribution >= 4 is 5.97 Å². The molecule has 0 bridgehead atoms. The lowest BCUT2D eigenvalue weighted by molar-refractivity contribution is -0.131. The highest BCUT2D eigenvalue weighted by Crippen LogP contribution is 2.67. The maximum absolute atomic E-state index is 11.2. The molecular weight excluding hydrogens is 300 g/mol. The van der Waals surface area contributed by atoms with Crippen molar-refractivity contribution in [2.24, 2.45) is 17.3 Å². The van der Waals surface area contributed by atoms with Crippen LogP contribution in [-0.4, -0.2) is 18.2 Å². The second kappa shape index (κ2) is 5.08. The van der Waals surface area contributed by atoms with E-state index in [1.54, 1.807) is 0 Å². The first-order valence-corrected chi connectivity index (χ1v) is 9.59.